The fraction of sp³-hybridized carbons (Fsp3) is 0.0455. The van der Waals surface area contributed by atoms with Gasteiger partial charge in [-0.25, -0.2) is 9.18 Å². The molecular weight excluding hydrogens is 397 g/mol. The maximum Gasteiger partial charge on any atom is 0.338 e. The first kappa shape index (κ1) is 20.2. The van der Waals surface area contributed by atoms with Gasteiger partial charge < -0.3 is 10.1 Å². The lowest BCUT2D eigenvalue weighted by atomic mass is 10.0. The van der Waals surface area contributed by atoms with Crippen LogP contribution in [0.2, 0.25) is 5.02 Å². The second-order valence-corrected chi connectivity index (χ2v) is 6.43. The third-order valence-corrected chi connectivity index (χ3v) is 4.27. The summed E-state index contributed by atoms with van der Waals surface area (Å²) in [7, 11) is 0. The number of benzene rings is 3. The lowest BCUT2D eigenvalue weighted by molar-refractivity contribution is -0.119. The molecule has 0 bridgehead atoms. The lowest BCUT2D eigenvalue weighted by Crippen LogP contribution is -2.21. The van der Waals surface area contributed by atoms with Gasteiger partial charge in [-0.3, -0.25) is 9.59 Å². The van der Waals surface area contributed by atoms with Crippen molar-refractivity contribution in [3.8, 4) is 0 Å². The van der Waals surface area contributed by atoms with Crippen LogP contribution in [0.4, 0.5) is 10.1 Å². The number of carbonyl (C=O) groups excluding carboxylic acids is 3. The Balaban J connectivity index is 1.56. The molecule has 0 unspecified atom stereocenters. The van der Waals surface area contributed by atoms with E-state index in [0.717, 1.165) is 12.1 Å². The Hall–Kier alpha value is -3.51. The molecule has 0 aromatic heterocycles. The minimum Gasteiger partial charge on any atom is -0.452 e. The van der Waals surface area contributed by atoms with Gasteiger partial charge in [-0.2, -0.15) is 0 Å². The Morgan fingerprint density at radius 2 is 1.48 bits per heavy atom. The second-order valence-electron chi connectivity index (χ2n) is 6.02. The van der Waals surface area contributed by atoms with Gasteiger partial charge in [-0.1, -0.05) is 54.1 Å². The zero-order valence-electron chi connectivity index (χ0n) is 15.0. The van der Waals surface area contributed by atoms with Crippen molar-refractivity contribution in [2.45, 2.75) is 0 Å². The molecule has 0 heterocycles. The van der Waals surface area contributed by atoms with E-state index in [2.05, 4.69) is 5.32 Å². The summed E-state index contributed by atoms with van der Waals surface area (Å²) < 4.78 is 18.0. The number of anilines is 1. The van der Waals surface area contributed by atoms with Gasteiger partial charge in [0.2, 0.25) is 0 Å². The number of halogens is 2. The molecular formula is C22H15ClFNO4. The van der Waals surface area contributed by atoms with Crippen LogP contribution in [0.25, 0.3) is 0 Å². The molecule has 0 saturated heterocycles. The summed E-state index contributed by atoms with van der Waals surface area (Å²) >= 11 is 5.83. The van der Waals surface area contributed by atoms with E-state index in [4.69, 9.17) is 16.3 Å². The quantitative estimate of drug-likeness (QED) is 0.478. The number of ketones is 1. The zero-order valence-corrected chi connectivity index (χ0v) is 15.8. The summed E-state index contributed by atoms with van der Waals surface area (Å²) in [6.45, 7) is -0.544. The van der Waals surface area contributed by atoms with Gasteiger partial charge in [0.25, 0.3) is 5.91 Å². The van der Waals surface area contributed by atoms with Crippen molar-refractivity contribution in [1.82, 2.24) is 0 Å². The highest BCUT2D eigenvalue weighted by Crippen LogP contribution is 2.22. The number of amides is 1. The van der Waals surface area contributed by atoms with Crippen LogP contribution in [0, 0.1) is 5.82 Å². The first-order valence-corrected chi connectivity index (χ1v) is 8.93. The van der Waals surface area contributed by atoms with E-state index in [1.807, 2.05) is 6.07 Å². The molecule has 7 heteroatoms. The molecule has 0 fully saturated rings. The number of esters is 1. The number of ether oxygens (including phenoxy) is 1. The average Bonchev–Trinajstić information content (AvgIpc) is 2.74. The van der Waals surface area contributed by atoms with Crippen molar-refractivity contribution in [2.75, 3.05) is 11.9 Å². The van der Waals surface area contributed by atoms with Gasteiger partial charge in [-0.05, 0) is 30.3 Å². The molecule has 0 atom stereocenters. The van der Waals surface area contributed by atoms with Gasteiger partial charge in [0.1, 0.15) is 5.82 Å². The molecule has 0 spiro atoms. The van der Waals surface area contributed by atoms with E-state index in [9.17, 15) is 18.8 Å². The number of rotatable bonds is 6. The van der Waals surface area contributed by atoms with Crippen LogP contribution in [0.5, 0.6) is 0 Å². The molecule has 5 nitrogen and oxygen atoms in total. The van der Waals surface area contributed by atoms with E-state index in [-0.39, 0.29) is 22.1 Å². The summed E-state index contributed by atoms with van der Waals surface area (Å²) in [6.07, 6.45) is 0. The third kappa shape index (κ3) is 5.27. The van der Waals surface area contributed by atoms with E-state index >= 15 is 0 Å². The van der Waals surface area contributed by atoms with Gasteiger partial charge in [0, 0.05) is 11.1 Å². The number of nitrogens with one attached hydrogen (secondary N) is 1. The topological polar surface area (TPSA) is 72.5 Å². The maximum absolute atomic E-state index is 13.0. The van der Waals surface area contributed by atoms with Crippen LogP contribution in [0.3, 0.4) is 0 Å². The van der Waals surface area contributed by atoms with Crippen LogP contribution < -0.4 is 5.32 Å². The smallest absolute Gasteiger partial charge is 0.338 e. The summed E-state index contributed by atoms with van der Waals surface area (Å²) in [5.74, 6) is -2.04. The van der Waals surface area contributed by atoms with Crippen molar-refractivity contribution < 1.29 is 23.5 Å². The summed E-state index contributed by atoms with van der Waals surface area (Å²) in [5, 5.41) is 2.46. The number of hydrogen-bond acceptors (Lipinski definition) is 4. The average molecular weight is 412 g/mol. The Labute approximate surface area is 171 Å². The van der Waals surface area contributed by atoms with E-state index in [0.29, 0.717) is 11.1 Å². The highest BCUT2D eigenvalue weighted by atomic mass is 35.5. The normalized spacial score (nSPS) is 10.3. The predicted molar refractivity (Wildman–Crippen MR) is 107 cm³/mol. The summed E-state index contributed by atoms with van der Waals surface area (Å²) in [6, 6.07) is 18.2. The number of carbonyl (C=O) groups is 3. The number of hydrogen-bond donors (Lipinski definition) is 1. The first-order valence-electron chi connectivity index (χ1n) is 8.56. The highest BCUT2D eigenvalue weighted by Gasteiger charge is 2.14. The van der Waals surface area contributed by atoms with Gasteiger partial charge in [0.05, 0.1) is 16.3 Å². The van der Waals surface area contributed by atoms with Crippen molar-refractivity contribution in [1.29, 1.82) is 0 Å². The molecule has 1 amide bonds. The van der Waals surface area contributed by atoms with Crippen molar-refractivity contribution in [3.63, 3.8) is 0 Å². The molecule has 0 radical (unpaired) electrons. The minimum atomic E-state index is -0.718. The monoisotopic (exact) mass is 411 g/mol. The first-order chi connectivity index (χ1) is 13.9. The summed E-state index contributed by atoms with van der Waals surface area (Å²) in [5.41, 5.74) is 1.37. The molecule has 0 aliphatic carbocycles. The zero-order chi connectivity index (χ0) is 20.8. The fourth-order valence-electron chi connectivity index (χ4n) is 2.51. The molecule has 3 aromatic carbocycles. The van der Waals surface area contributed by atoms with Crippen molar-refractivity contribution >= 4 is 34.9 Å². The lowest BCUT2D eigenvalue weighted by Gasteiger charge is -2.08. The fourth-order valence-corrected chi connectivity index (χ4v) is 2.72. The Kier molecular flexibility index (Phi) is 6.36. The molecule has 0 saturated carbocycles. The van der Waals surface area contributed by atoms with E-state index < -0.39 is 24.3 Å². The molecule has 146 valence electrons. The molecule has 3 aromatic rings. The standard InChI is InChI=1S/C22H15ClFNO4/c23-18-12-17(24)10-11-19(18)25-20(26)13-29-22(28)16-8-6-15(7-9-16)21(27)14-4-2-1-3-5-14/h1-12H,13H2,(H,25,26). The maximum atomic E-state index is 13.0. The van der Waals surface area contributed by atoms with Crippen LogP contribution in [0.1, 0.15) is 26.3 Å². The largest absolute Gasteiger partial charge is 0.452 e. The van der Waals surface area contributed by atoms with Crippen molar-refractivity contribution in [2.24, 2.45) is 0 Å². The van der Waals surface area contributed by atoms with Gasteiger partial charge in [-0.15, -0.1) is 0 Å². The third-order valence-electron chi connectivity index (χ3n) is 3.96. The highest BCUT2D eigenvalue weighted by molar-refractivity contribution is 6.33. The second kappa shape index (κ2) is 9.12. The molecule has 0 aliphatic rings. The van der Waals surface area contributed by atoms with E-state index in [1.54, 1.807) is 24.3 Å². The Morgan fingerprint density at radius 3 is 2.14 bits per heavy atom. The SMILES string of the molecule is O=C(COC(=O)c1ccc(C(=O)c2ccccc2)cc1)Nc1ccc(F)cc1Cl. The molecule has 3 rings (SSSR count). The van der Waals surface area contributed by atoms with Crippen LogP contribution in [-0.2, 0) is 9.53 Å². The Bertz CT molecular complexity index is 1050. The summed E-state index contributed by atoms with van der Waals surface area (Å²) in [4.78, 5) is 36.4. The molecule has 29 heavy (non-hydrogen) atoms. The molecule has 1 N–H and O–H groups in total. The van der Waals surface area contributed by atoms with Crippen LogP contribution in [0.15, 0.2) is 72.8 Å². The predicted octanol–water partition coefficient (Wildman–Crippen LogP) is 4.51. The van der Waals surface area contributed by atoms with Gasteiger partial charge in [0.15, 0.2) is 12.4 Å². The van der Waals surface area contributed by atoms with Gasteiger partial charge >= 0.3 is 5.97 Å². The Morgan fingerprint density at radius 1 is 0.862 bits per heavy atom. The minimum absolute atomic E-state index is 0.0309. The van der Waals surface area contributed by atoms with Crippen LogP contribution >= 0.6 is 11.6 Å². The van der Waals surface area contributed by atoms with E-state index in [1.165, 1.54) is 30.3 Å². The van der Waals surface area contributed by atoms with Crippen molar-refractivity contribution in [3.05, 3.63) is 100 Å². The van der Waals surface area contributed by atoms with Crippen LogP contribution in [-0.4, -0.2) is 24.3 Å². The molecule has 0 aliphatic heterocycles.